The van der Waals surface area contributed by atoms with E-state index in [1.165, 1.54) is 0 Å². The van der Waals surface area contributed by atoms with Crippen molar-refractivity contribution in [1.29, 1.82) is 0 Å². The van der Waals surface area contributed by atoms with E-state index in [1.54, 1.807) is 18.3 Å². The molecule has 2 rings (SSSR count). The van der Waals surface area contributed by atoms with E-state index in [4.69, 9.17) is 11.6 Å². The highest BCUT2D eigenvalue weighted by Gasteiger charge is 2.02. The van der Waals surface area contributed by atoms with Crippen molar-refractivity contribution in [2.45, 2.75) is 19.4 Å². The van der Waals surface area contributed by atoms with Crippen molar-refractivity contribution in [3.63, 3.8) is 0 Å². The fourth-order valence-electron chi connectivity index (χ4n) is 1.75. The van der Waals surface area contributed by atoms with Crippen molar-refractivity contribution < 1.29 is 4.79 Å². The number of aryl methyl sites for hydroxylation is 1. The first-order valence-corrected chi connectivity index (χ1v) is 6.60. The highest BCUT2D eigenvalue weighted by molar-refractivity contribution is 6.30. The standard InChI is InChI=1S/C14H16ClN3O/c15-13-5-3-12(4-6-13)11-14(19)16-7-1-9-18-10-2-8-17-18/h2-6,8,10H,1,7,9,11H2,(H,16,19). The molecule has 0 spiro atoms. The molecule has 0 atom stereocenters. The predicted molar refractivity (Wildman–Crippen MR) is 75.0 cm³/mol. The Morgan fingerprint density at radius 3 is 2.79 bits per heavy atom. The van der Waals surface area contributed by atoms with Crippen LogP contribution in [0, 0.1) is 0 Å². The molecule has 1 heterocycles. The number of benzene rings is 1. The number of amides is 1. The molecule has 1 N–H and O–H groups in total. The van der Waals surface area contributed by atoms with Crippen molar-refractivity contribution >= 4 is 17.5 Å². The number of rotatable bonds is 6. The minimum atomic E-state index is 0.0304. The Kier molecular flexibility index (Phi) is 4.98. The normalized spacial score (nSPS) is 10.4. The van der Waals surface area contributed by atoms with Gasteiger partial charge in [-0.1, -0.05) is 23.7 Å². The molecule has 0 radical (unpaired) electrons. The van der Waals surface area contributed by atoms with Crippen LogP contribution >= 0.6 is 11.6 Å². The Morgan fingerprint density at radius 2 is 2.11 bits per heavy atom. The third-order valence-electron chi connectivity index (χ3n) is 2.72. The van der Waals surface area contributed by atoms with Gasteiger partial charge in [0.15, 0.2) is 0 Å². The monoisotopic (exact) mass is 277 g/mol. The van der Waals surface area contributed by atoms with Crippen LogP contribution in [0.4, 0.5) is 0 Å². The van der Waals surface area contributed by atoms with Gasteiger partial charge in [-0.25, -0.2) is 0 Å². The molecular weight excluding hydrogens is 262 g/mol. The van der Waals surface area contributed by atoms with Gasteiger partial charge in [0, 0.05) is 30.5 Å². The number of carbonyl (C=O) groups is 1. The Bertz CT molecular complexity index is 508. The number of aromatic nitrogens is 2. The van der Waals surface area contributed by atoms with Crippen molar-refractivity contribution in [1.82, 2.24) is 15.1 Å². The van der Waals surface area contributed by atoms with Crippen LogP contribution in [0.3, 0.4) is 0 Å². The van der Waals surface area contributed by atoms with Gasteiger partial charge < -0.3 is 5.32 Å². The first kappa shape index (κ1) is 13.6. The zero-order valence-corrected chi connectivity index (χ0v) is 11.3. The summed E-state index contributed by atoms with van der Waals surface area (Å²) >= 11 is 5.79. The quantitative estimate of drug-likeness (QED) is 0.824. The molecule has 1 aromatic heterocycles. The summed E-state index contributed by atoms with van der Waals surface area (Å²) in [5, 5.41) is 7.68. The zero-order valence-electron chi connectivity index (χ0n) is 10.6. The lowest BCUT2D eigenvalue weighted by atomic mass is 10.1. The molecule has 0 unspecified atom stereocenters. The second kappa shape index (κ2) is 6.95. The molecule has 0 bridgehead atoms. The fraction of sp³-hybridized carbons (Fsp3) is 0.286. The summed E-state index contributed by atoms with van der Waals surface area (Å²) in [5.41, 5.74) is 0.967. The van der Waals surface area contributed by atoms with E-state index in [-0.39, 0.29) is 5.91 Å². The minimum absolute atomic E-state index is 0.0304. The molecule has 0 saturated carbocycles. The molecule has 5 heteroatoms. The summed E-state index contributed by atoms with van der Waals surface area (Å²) in [7, 11) is 0. The minimum Gasteiger partial charge on any atom is -0.356 e. The van der Waals surface area contributed by atoms with Crippen LogP contribution in [0.25, 0.3) is 0 Å². The van der Waals surface area contributed by atoms with Crippen LogP contribution < -0.4 is 5.32 Å². The average Bonchev–Trinajstić information content (AvgIpc) is 2.91. The van der Waals surface area contributed by atoms with Crippen molar-refractivity contribution in [2.75, 3.05) is 6.54 Å². The van der Waals surface area contributed by atoms with E-state index in [9.17, 15) is 4.79 Å². The Hall–Kier alpha value is -1.81. The summed E-state index contributed by atoms with van der Waals surface area (Å²) in [4.78, 5) is 11.7. The highest BCUT2D eigenvalue weighted by Crippen LogP contribution is 2.09. The molecule has 0 aliphatic heterocycles. The molecule has 0 aliphatic rings. The first-order chi connectivity index (χ1) is 9.24. The highest BCUT2D eigenvalue weighted by atomic mass is 35.5. The van der Waals surface area contributed by atoms with E-state index in [0.717, 1.165) is 18.5 Å². The van der Waals surface area contributed by atoms with E-state index < -0.39 is 0 Å². The van der Waals surface area contributed by atoms with Crippen molar-refractivity contribution in [2.24, 2.45) is 0 Å². The zero-order chi connectivity index (χ0) is 13.5. The van der Waals surface area contributed by atoms with Gasteiger partial charge >= 0.3 is 0 Å². The van der Waals surface area contributed by atoms with Crippen molar-refractivity contribution in [3.8, 4) is 0 Å². The number of nitrogens with zero attached hydrogens (tertiary/aromatic N) is 2. The molecule has 1 aromatic carbocycles. The number of carbonyl (C=O) groups excluding carboxylic acids is 1. The maximum atomic E-state index is 11.7. The predicted octanol–water partition coefficient (Wildman–Crippen LogP) is 2.29. The van der Waals surface area contributed by atoms with Crippen LogP contribution in [0.2, 0.25) is 5.02 Å². The summed E-state index contributed by atoms with van der Waals surface area (Å²) in [6, 6.07) is 9.21. The largest absolute Gasteiger partial charge is 0.356 e. The van der Waals surface area contributed by atoms with E-state index in [0.29, 0.717) is 18.0 Å². The number of nitrogens with one attached hydrogen (secondary N) is 1. The fourth-order valence-corrected chi connectivity index (χ4v) is 1.88. The number of hydrogen-bond acceptors (Lipinski definition) is 2. The Balaban J connectivity index is 1.65. The maximum Gasteiger partial charge on any atom is 0.224 e. The van der Waals surface area contributed by atoms with Gasteiger partial charge in [-0.05, 0) is 30.2 Å². The van der Waals surface area contributed by atoms with Gasteiger partial charge in [-0.15, -0.1) is 0 Å². The van der Waals surface area contributed by atoms with E-state index in [2.05, 4.69) is 10.4 Å². The topological polar surface area (TPSA) is 46.9 Å². The van der Waals surface area contributed by atoms with Crippen LogP contribution in [-0.4, -0.2) is 22.2 Å². The second-order valence-electron chi connectivity index (χ2n) is 4.28. The SMILES string of the molecule is O=C(Cc1ccc(Cl)cc1)NCCCn1cccn1. The third kappa shape index (κ3) is 4.75. The summed E-state index contributed by atoms with van der Waals surface area (Å²) in [6.07, 6.45) is 4.92. The van der Waals surface area contributed by atoms with Gasteiger partial charge in [-0.2, -0.15) is 5.10 Å². The molecule has 100 valence electrons. The number of halogens is 1. The molecule has 0 aliphatic carbocycles. The van der Waals surface area contributed by atoms with Crippen molar-refractivity contribution in [3.05, 3.63) is 53.3 Å². The van der Waals surface area contributed by atoms with E-state index >= 15 is 0 Å². The molecule has 2 aromatic rings. The van der Waals surface area contributed by atoms with Crippen LogP contribution in [0.1, 0.15) is 12.0 Å². The molecule has 4 nitrogen and oxygen atoms in total. The van der Waals surface area contributed by atoms with Gasteiger partial charge in [0.2, 0.25) is 5.91 Å². The van der Waals surface area contributed by atoms with Gasteiger partial charge in [0.1, 0.15) is 0 Å². The molecule has 19 heavy (non-hydrogen) atoms. The molecule has 1 amide bonds. The van der Waals surface area contributed by atoms with Crippen LogP contribution in [0.15, 0.2) is 42.7 Å². The summed E-state index contributed by atoms with van der Waals surface area (Å²) in [6.45, 7) is 1.47. The molecule has 0 saturated heterocycles. The molecular formula is C14H16ClN3O. The van der Waals surface area contributed by atoms with Crippen LogP contribution in [-0.2, 0) is 17.8 Å². The summed E-state index contributed by atoms with van der Waals surface area (Å²) in [5.74, 6) is 0.0304. The number of hydrogen-bond donors (Lipinski definition) is 1. The van der Waals surface area contributed by atoms with E-state index in [1.807, 2.05) is 29.1 Å². The lowest BCUT2D eigenvalue weighted by Gasteiger charge is -2.05. The van der Waals surface area contributed by atoms with Gasteiger partial charge in [0.05, 0.1) is 6.42 Å². The third-order valence-corrected chi connectivity index (χ3v) is 2.98. The summed E-state index contributed by atoms with van der Waals surface area (Å²) < 4.78 is 1.85. The maximum absolute atomic E-state index is 11.7. The van der Waals surface area contributed by atoms with Gasteiger partial charge in [-0.3, -0.25) is 9.48 Å². The van der Waals surface area contributed by atoms with Gasteiger partial charge in [0.25, 0.3) is 0 Å². The van der Waals surface area contributed by atoms with Crippen LogP contribution in [0.5, 0.6) is 0 Å². The Morgan fingerprint density at radius 1 is 1.32 bits per heavy atom. The smallest absolute Gasteiger partial charge is 0.224 e. The lowest BCUT2D eigenvalue weighted by Crippen LogP contribution is -2.26. The molecule has 0 fully saturated rings. The average molecular weight is 278 g/mol. The Labute approximate surface area is 117 Å². The first-order valence-electron chi connectivity index (χ1n) is 6.22. The second-order valence-corrected chi connectivity index (χ2v) is 4.71. The lowest BCUT2D eigenvalue weighted by molar-refractivity contribution is -0.120.